The van der Waals surface area contributed by atoms with E-state index in [0.29, 0.717) is 21.7 Å². The minimum atomic E-state index is -4.57. The van der Waals surface area contributed by atoms with Crippen molar-refractivity contribution in [1.29, 1.82) is 0 Å². The maximum Gasteiger partial charge on any atom is 0.419 e. The largest absolute Gasteiger partial charge is 0.419 e. The predicted octanol–water partition coefficient (Wildman–Crippen LogP) is 3.38. The van der Waals surface area contributed by atoms with E-state index in [2.05, 4.69) is 35.9 Å². The smallest absolute Gasteiger partial charge is 0.368 e. The molecule has 0 aliphatic heterocycles. The number of nitrogen functional groups attached to an aromatic ring is 1. The van der Waals surface area contributed by atoms with Gasteiger partial charge in [-0.25, -0.2) is 15.0 Å². The van der Waals surface area contributed by atoms with Crippen LogP contribution in [0.5, 0.6) is 0 Å². The number of anilines is 1. The van der Waals surface area contributed by atoms with E-state index in [4.69, 9.17) is 5.73 Å². The van der Waals surface area contributed by atoms with Gasteiger partial charge >= 0.3 is 6.18 Å². The van der Waals surface area contributed by atoms with E-state index >= 15 is 0 Å². The van der Waals surface area contributed by atoms with E-state index < -0.39 is 11.7 Å². The summed E-state index contributed by atoms with van der Waals surface area (Å²) in [4.78, 5) is 14.1. The SMILES string of the molecule is Nc1ncc(C(F)(F)F)c(-c2c[nH]c3cnc(Br)cc23)n1. The van der Waals surface area contributed by atoms with E-state index in [1.807, 2.05) is 0 Å². The van der Waals surface area contributed by atoms with Crippen molar-refractivity contribution in [3.63, 3.8) is 0 Å². The molecule has 3 heterocycles. The Balaban J connectivity index is 2.32. The maximum absolute atomic E-state index is 13.1. The van der Waals surface area contributed by atoms with Crippen molar-refractivity contribution in [1.82, 2.24) is 19.9 Å². The zero-order valence-electron chi connectivity index (χ0n) is 10.2. The van der Waals surface area contributed by atoms with Crippen molar-refractivity contribution in [2.75, 3.05) is 5.73 Å². The molecule has 108 valence electrons. The first-order valence-corrected chi connectivity index (χ1v) is 6.48. The number of nitrogens with one attached hydrogen (secondary N) is 1. The van der Waals surface area contributed by atoms with E-state index in [-0.39, 0.29) is 17.2 Å². The molecule has 3 rings (SSSR count). The van der Waals surface area contributed by atoms with Crippen LogP contribution in [0.1, 0.15) is 5.56 Å². The molecule has 3 N–H and O–H groups in total. The second-order valence-electron chi connectivity index (χ2n) is 4.24. The third kappa shape index (κ3) is 2.44. The fraction of sp³-hybridized carbons (Fsp3) is 0.0833. The average Bonchev–Trinajstić information content (AvgIpc) is 2.79. The molecule has 0 unspecified atom stereocenters. The molecule has 0 saturated carbocycles. The van der Waals surface area contributed by atoms with Gasteiger partial charge in [-0.3, -0.25) is 0 Å². The standard InChI is InChI=1S/C12H7BrF3N5/c13-9-1-5-6(2-18-8(5)4-19-9)10-7(12(14,15)16)3-20-11(17)21-10/h1-4,18H,(H2,17,20,21). The molecule has 0 radical (unpaired) electrons. The Morgan fingerprint density at radius 2 is 1.95 bits per heavy atom. The zero-order valence-corrected chi connectivity index (χ0v) is 11.8. The molecule has 3 aromatic rings. The van der Waals surface area contributed by atoms with Gasteiger partial charge in [0, 0.05) is 23.3 Å². The Morgan fingerprint density at radius 3 is 2.67 bits per heavy atom. The number of aromatic amines is 1. The van der Waals surface area contributed by atoms with Crippen LogP contribution >= 0.6 is 15.9 Å². The van der Waals surface area contributed by atoms with E-state index in [9.17, 15) is 13.2 Å². The molecular formula is C12H7BrF3N5. The molecule has 0 bridgehead atoms. The fourth-order valence-corrected chi connectivity index (χ4v) is 2.33. The lowest BCUT2D eigenvalue weighted by Gasteiger charge is -2.11. The summed E-state index contributed by atoms with van der Waals surface area (Å²) < 4.78 is 39.8. The van der Waals surface area contributed by atoms with Crippen LogP contribution < -0.4 is 5.73 Å². The minimum absolute atomic E-state index is 0.222. The van der Waals surface area contributed by atoms with Crippen molar-refractivity contribution >= 4 is 32.8 Å². The van der Waals surface area contributed by atoms with E-state index in [0.717, 1.165) is 0 Å². The lowest BCUT2D eigenvalue weighted by molar-refractivity contribution is -0.137. The first-order valence-electron chi connectivity index (χ1n) is 5.69. The van der Waals surface area contributed by atoms with Gasteiger partial charge in [-0.1, -0.05) is 0 Å². The highest BCUT2D eigenvalue weighted by atomic mass is 79.9. The number of H-pyrrole nitrogens is 1. The summed E-state index contributed by atoms with van der Waals surface area (Å²) in [6.45, 7) is 0. The molecule has 5 nitrogen and oxygen atoms in total. The summed E-state index contributed by atoms with van der Waals surface area (Å²) >= 11 is 3.19. The molecular weight excluding hydrogens is 351 g/mol. The number of nitrogens with zero attached hydrogens (tertiary/aromatic N) is 3. The van der Waals surface area contributed by atoms with E-state index in [1.165, 1.54) is 12.4 Å². The van der Waals surface area contributed by atoms with Crippen molar-refractivity contribution in [3.05, 3.63) is 34.8 Å². The molecule has 0 aliphatic rings. The summed E-state index contributed by atoms with van der Waals surface area (Å²) in [5, 5.41) is 0.556. The van der Waals surface area contributed by atoms with Crippen LogP contribution in [0.2, 0.25) is 0 Å². The van der Waals surface area contributed by atoms with Crippen LogP contribution in [-0.4, -0.2) is 19.9 Å². The minimum Gasteiger partial charge on any atom is -0.368 e. The highest BCUT2D eigenvalue weighted by molar-refractivity contribution is 9.10. The fourth-order valence-electron chi connectivity index (χ4n) is 2.00. The van der Waals surface area contributed by atoms with Gasteiger partial charge in [0.1, 0.15) is 10.2 Å². The van der Waals surface area contributed by atoms with Crippen LogP contribution in [0.4, 0.5) is 19.1 Å². The molecule has 21 heavy (non-hydrogen) atoms. The average molecular weight is 358 g/mol. The van der Waals surface area contributed by atoms with Gasteiger partial charge < -0.3 is 10.7 Å². The van der Waals surface area contributed by atoms with Crippen molar-refractivity contribution in [3.8, 4) is 11.3 Å². The molecule has 0 aliphatic carbocycles. The molecule has 0 aromatic carbocycles. The van der Waals surface area contributed by atoms with Crippen LogP contribution in [0.3, 0.4) is 0 Å². The second-order valence-corrected chi connectivity index (χ2v) is 5.06. The predicted molar refractivity (Wildman–Crippen MR) is 74.2 cm³/mol. The number of halogens is 4. The normalized spacial score (nSPS) is 12.0. The van der Waals surface area contributed by atoms with Crippen molar-refractivity contribution < 1.29 is 13.2 Å². The summed E-state index contributed by atoms with van der Waals surface area (Å²) in [6, 6.07) is 1.61. The molecule has 9 heteroatoms. The van der Waals surface area contributed by atoms with Gasteiger partial charge in [-0.05, 0) is 22.0 Å². The number of fused-ring (bicyclic) bond motifs is 1. The van der Waals surface area contributed by atoms with Crippen molar-refractivity contribution in [2.45, 2.75) is 6.18 Å². The highest BCUT2D eigenvalue weighted by Crippen LogP contribution is 2.38. The lowest BCUT2D eigenvalue weighted by atomic mass is 10.1. The summed E-state index contributed by atoms with van der Waals surface area (Å²) in [7, 11) is 0. The number of hydrogen-bond acceptors (Lipinski definition) is 4. The molecule has 0 atom stereocenters. The monoisotopic (exact) mass is 357 g/mol. The summed E-state index contributed by atoms with van der Waals surface area (Å²) in [5.74, 6) is -0.222. The third-order valence-electron chi connectivity index (χ3n) is 2.90. The number of rotatable bonds is 1. The van der Waals surface area contributed by atoms with Crippen LogP contribution in [0, 0.1) is 0 Å². The maximum atomic E-state index is 13.1. The first-order chi connectivity index (χ1) is 9.86. The number of nitrogens with two attached hydrogens (primary N) is 1. The van der Waals surface area contributed by atoms with Crippen LogP contribution in [0.15, 0.2) is 29.3 Å². The quantitative estimate of drug-likeness (QED) is 0.654. The second kappa shape index (κ2) is 4.69. The molecule has 0 amide bonds. The summed E-state index contributed by atoms with van der Waals surface area (Å²) in [5.41, 5.74) is 5.11. The van der Waals surface area contributed by atoms with Gasteiger partial charge in [-0.2, -0.15) is 13.2 Å². The lowest BCUT2D eigenvalue weighted by Crippen LogP contribution is -2.10. The van der Waals surface area contributed by atoms with Crippen LogP contribution in [0.25, 0.3) is 22.2 Å². The molecule has 0 fully saturated rings. The first kappa shape index (κ1) is 13.8. The molecule has 3 aromatic heterocycles. The van der Waals surface area contributed by atoms with Crippen LogP contribution in [-0.2, 0) is 6.18 Å². The Morgan fingerprint density at radius 1 is 1.19 bits per heavy atom. The number of hydrogen-bond donors (Lipinski definition) is 2. The topological polar surface area (TPSA) is 80.5 Å². The Labute approximate surface area is 124 Å². The van der Waals surface area contributed by atoms with Gasteiger partial charge in [-0.15, -0.1) is 0 Å². The zero-order chi connectivity index (χ0) is 15.2. The van der Waals surface area contributed by atoms with Gasteiger partial charge in [0.05, 0.1) is 17.4 Å². The van der Waals surface area contributed by atoms with Crippen molar-refractivity contribution in [2.24, 2.45) is 0 Å². The summed E-state index contributed by atoms with van der Waals surface area (Å²) in [6.07, 6.45) is -0.930. The number of pyridine rings is 1. The Bertz CT molecular complexity index is 827. The van der Waals surface area contributed by atoms with Gasteiger partial charge in [0.25, 0.3) is 0 Å². The van der Waals surface area contributed by atoms with Gasteiger partial charge in [0.2, 0.25) is 5.95 Å². The van der Waals surface area contributed by atoms with Gasteiger partial charge in [0.15, 0.2) is 0 Å². The highest BCUT2D eigenvalue weighted by Gasteiger charge is 2.35. The van der Waals surface area contributed by atoms with E-state index in [1.54, 1.807) is 6.07 Å². The molecule has 0 spiro atoms. The third-order valence-corrected chi connectivity index (χ3v) is 3.33. The molecule has 0 saturated heterocycles. The Hall–Kier alpha value is -2.16. The number of aromatic nitrogens is 4. The number of alkyl halides is 3. The Kier molecular flexibility index (Phi) is 3.08.